The van der Waals surface area contributed by atoms with Gasteiger partial charge in [-0.25, -0.2) is 0 Å². The number of aromatic hydroxyl groups is 1. The first-order valence-electron chi connectivity index (χ1n) is 9.40. The van der Waals surface area contributed by atoms with E-state index >= 15 is 0 Å². The molecule has 0 amide bonds. The second-order valence-corrected chi connectivity index (χ2v) is 6.98. The molecular formula is C21H17F3N2O7. The molecule has 0 unspecified atom stereocenters. The maximum absolute atomic E-state index is 13.4. The van der Waals surface area contributed by atoms with Crippen molar-refractivity contribution in [3.05, 3.63) is 52.2 Å². The number of fused-ring (bicyclic) bond motifs is 1. The Morgan fingerprint density at radius 1 is 1.00 bits per heavy atom. The topological polar surface area (TPSA) is 112 Å². The Morgan fingerprint density at radius 3 is 2.27 bits per heavy atom. The lowest BCUT2D eigenvalue weighted by molar-refractivity contribution is -0.166. The summed E-state index contributed by atoms with van der Waals surface area (Å²) in [5.41, 5.74) is -3.80. The van der Waals surface area contributed by atoms with E-state index in [1.807, 2.05) is 0 Å². The quantitative estimate of drug-likeness (QED) is 0.492. The van der Waals surface area contributed by atoms with Crippen molar-refractivity contribution in [1.29, 1.82) is 0 Å². The molecule has 4 rings (SSSR count). The molecule has 2 aromatic carbocycles. The monoisotopic (exact) mass is 466 g/mol. The van der Waals surface area contributed by atoms with Crippen LogP contribution in [0.5, 0.6) is 17.2 Å². The average molecular weight is 466 g/mol. The normalized spacial score (nSPS) is 14.5. The highest BCUT2D eigenvalue weighted by molar-refractivity contribution is 5.85. The van der Waals surface area contributed by atoms with Gasteiger partial charge in [0.15, 0.2) is 30.5 Å². The van der Waals surface area contributed by atoms with Gasteiger partial charge in [0.1, 0.15) is 22.5 Å². The number of hydrogen-bond donors (Lipinski definition) is 1. The molecule has 2 heterocycles. The Morgan fingerprint density at radius 2 is 1.67 bits per heavy atom. The van der Waals surface area contributed by atoms with Crippen LogP contribution in [0.3, 0.4) is 0 Å². The van der Waals surface area contributed by atoms with Gasteiger partial charge in [-0.15, -0.1) is 10.2 Å². The Hall–Kier alpha value is -3.64. The number of rotatable bonds is 8. The molecule has 0 bridgehead atoms. The molecule has 0 fully saturated rings. The van der Waals surface area contributed by atoms with E-state index in [4.69, 9.17) is 23.4 Å². The van der Waals surface area contributed by atoms with E-state index in [0.717, 1.165) is 18.2 Å². The van der Waals surface area contributed by atoms with Crippen LogP contribution in [-0.4, -0.2) is 39.1 Å². The highest BCUT2D eigenvalue weighted by atomic mass is 19.4. The minimum Gasteiger partial charge on any atom is -0.507 e. The summed E-state index contributed by atoms with van der Waals surface area (Å²) in [7, 11) is 2.88. The van der Waals surface area contributed by atoms with Crippen LogP contribution in [0, 0.1) is 0 Å². The van der Waals surface area contributed by atoms with E-state index in [2.05, 4.69) is 10.2 Å². The second kappa shape index (κ2) is 8.37. The van der Waals surface area contributed by atoms with Crippen LogP contribution in [0.4, 0.5) is 13.2 Å². The summed E-state index contributed by atoms with van der Waals surface area (Å²) in [5, 5.41) is 16.2. The molecular weight excluding hydrogens is 449 g/mol. The van der Waals surface area contributed by atoms with Gasteiger partial charge in [0.25, 0.3) is 0 Å². The van der Waals surface area contributed by atoms with Crippen molar-refractivity contribution in [1.82, 2.24) is 0 Å². The third-order valence-electron chi connectivity index (χ3n) is 4.80. The Labute approximate surface area is 184 Å². The lowest BCUT2D eigenvalue weighted by Crippen LogP contribution is -2.30. The van der Waals surface area contributed by atoms with Crippen molar-refractivity contribution in [3.63, 3.8) is 0 Å². The number of alkyl halides is 3. The molecule has 0 radical (unpaired) electrons. The molecule has 0 saturated carbocycles. The van der Waals surface area contributed by atoms with Crippen LogP contribution in [0.1, 0.15) is 5.56 Å². The second-order valence-electron chi connectivity index (χ2n) is 6.98. The molecule has 0 saturated heterocycles. The van der Waals surface area contributed by atoms with E-state index in [-0.39, 0.29) is 36.1 Å². The van der Waals surface area contributed by atoms with Gasteiger partial charge in [-0.3, -0.25) is 4.79 Å². The summed E-state index contributed by atoms with van der Waals surface area (Å²) in [4.78, 5) is 12.7. The standard InChI is InChI=1S/C21H17F3N2O7/c1-29-9-31-15-4-3-11(5-17(15)32-10-30-2)16-8-14(28)19-13(27)6-12(7-18(19)33-16)20(25-26-20)21(22,23)24/h3-8,27H,9-10H2,1-2H3. The maximum Gasteiger partial charge on any atom is 0.442 e. The zero-order valence-corrected chi connectivity index (χ0v) is 17.3. The molecule has 0 aliphatic carbocycles. The van der Waals surface area contributed by atoms with Gasteiger partial charge in [-0.05, 0) is 30.3 Å². The summed E-state index contributed by atoms with van der Waals surface area (Å²) < 4.78 is 66.6. The van der Waals surface area contributed by atoms with Gasteiger partial charge >= 0.3 is 11.8 Å². The molecule has 33 heavy (non-hydrogen) atoms. The number of methoxy groups -OCH3 is 2. The minimum absolute atomic E-state index is 0.0235. The van der Waals surface area contributed by atoms with Crippen LogP contribution < -0.4 is 14.9 Å². The Balaban J connectivity index is 1.81. The SMILES string of the molecule is COCOc1ccc(-c2cc(=O)c3c(O)cc(C4(C(F)(F)F)N=N4)cc3o2)cc1OCOC. The summed E-state index contributed by atoms with van der Waals surface area (Å²) >= 11 is 0. The number of nitrogens with zero attached hydrogens (tertiary/aromatic N) is 2. The Kier molecular flexibility index (Phi) is 5.72. The first kappa shape index (κ1) is 22.6. The molecule has 9 nitrogen and oxygen atoms in total. The zero-order chi connectivity index (χ0) is 23.8. The average Bonchev–Trinajstić information content (AvgIpc) is 3.58. The predicted octanol–water partition coefficient (Wildman–Crippen LogP) is 4.31. The molecule has 1 aromatic heterocycles. The third kappa shape index (κ3) is 4.10. The molecule has 1 aliphatic rings. The molecule has 3 aromatic rings. The fourth-order valence-electron chi connectivity index (χ4n) is 3.19. The smallest absolute Gasteiger partial charge is 0.442 e. The number of hydrogen-bond acceptors (Lipinski definition) is 9. The van der Waals surface area contributed by atoms with Crippen LogP contribution in [0.15, 0.2) is 55.8 Å². The summed E-state index contributed by atoms with van der Waals surface area (Å²) in [6.07, 6.45) is -4.81. The predicted molar refractivity (Wildman–Crippen MR) is 107 cm³/mol. The van der Waals surface area contributed by atoms with E-state index in [9.17, 15) is 23.1 Å². The van der Waals surface area contributed by atoms with E-state index in [0.29, 0.717) is 11.3 Å². The van der Waals surface area contributed by atoms with Crippen molar-refractivity contribution in [2.45, 2.75) is 11.8 Å². The van der Waals surface area contributed by atoms with Crippen LogP contribution in [-0.2, 0) is 15.1 Å². The molecule has 0 spiro atoms. The zero-order valence-electron chi connectivity index (χ0n) is 17.3. The minimum atomic E-state index is -4.81. The van der Waals surface area contributed by atoms with Gasteiger partial charge in [-0.1, -0.05) is 0 Å². The molecule has 174 valence electrons. The van der Waals surface area contributed by atoms with Crippen molar-refractivity contribution < 1.29 is 41.6 Å². The first-order valence-corrected chi connectivity index (χ1v) is 9.40. The lowest BCUT2D eigenvalue weighted by Gasteiger charge is -2.16. The van der Waals surface area contributed by atoms with E-state index in [1.165, 1.54) is 26.4 Å². The van der Waals surface area contributed by atoms with Crippen LogP contribution >= 0.6 is 0 Å². The van der Waals surface area contributed by atoms with Gasteiger partial charge < -0.3 is 28.5 Å². The van der Waals surface area contributed by atoms with Gasteiger partial charge in [0.05, 0.1) is 0 Å². The summed E-state index contributed by atoms with van der Waals surface area (Å²) in [5.74, 6) is -0.0753. The number of phenols is 1. The fourth-order valence-corrected chi connectivity index (χ4v) is 3.19. The highest BCUT2D eigenvalue weighted by Gasteiger charge is 2.65. The number of halogens is 3. The lowest BCUT2D eigenvalue weighted by atomic mass is 10.00. The van der Waals surface area contributed by atoms with Crippen LogP contribution in [0.2, 0.25) is 0 Å². The number of phenolic OH excluding ortho intramolecular Hbond substituents is 1. The number of benzene rings is 2. The van der Waals surface area contributed by atoms with Gasteiger partial charge in [0.2, 0.25) is 0 Å². The van der Waals surface area contributed by atoms with Crippen LogP contribution in [0.25, 0.3) is 22.3 Å². The number of ether oxygens (including phenoxy) is 4. The van der Waals surface area contributed by atoms with E-state index in [1.54, 1.807) is 6.07 Å². The molecule has 1 N–H and O–H groups in total. The molecule has 12 heteroatoms. The Bertz CT molecular complexity index is 1280. The van der Waals surface area contributed by atoms with Crippen molar-refractivity contribution in [3.8, 4) is 28.6 Å². The van der Waals surface area contributed by atoms with Gasteiger partial charge in [-0.2, -0.15) is 13.2 Å². The summed E-state index contributed by atoms with van der Waals surface area (Å²) in [6, 6.07) is 7.51. The molecule has 0 atom stereocenters. The van der Waals surface area contributed by atoms with Crippen molar-refractivity contribution in [2.24, 2.45) is 10.2 Å². The van der Waals surface area contributed by atoms with Crippen molar-refractivity contribution in [2.75, 3.05) is 27.8 Å². The van der Waals surface area contributed by atoms with E-state index < -0.39 is 28.6 Å². The highest BCUT2D eigenvalue weighted by Crippen LogP contribution is 2.53. The first-order chi connectivity index (χ1) is 15.7. The maximum atomic E-state index is 13.4. The largest absolute Gasteiger partial charge is 0.507 e. The fraction of sp³-hybridized carbons (Fsp3) is 0.286. The molecule has 1 aliphatic heterocycles. The third-order valence-corrected chi connectivity index (χ3v) is 4.80. The van der Waals surface area contributed by atoms with Crippen molar-refractivity contribution >= 4 is 11.0 Å². The summed E-state index contributed by atoms with van der Waals surface area (Å²) in [6.45, 7) is -0.148. The van der Waals surface area contributed by atoms with Gasteiger partial charge in [0, 0.05) is 31.4 Å².